The highest BCUT2D eigenvalue weighted by molar-refractivity contribution is 6.31. The maximum Gasteiger partial charge on any atom is 0.165 e. The zero-order chi connectivity index (χ0) is 17.1. The molecule has 0 saturated heterocycles. The molecule has 1 aliphatic heterocycles. The first-order valence-corrected chi connectivity index (χ1v) is 7.60. The number of hydrogen-bond acceptors (Lipinski definition) is 4. The molecule has 0 aromatic heterocycles. The molecule has 0 aliphatic carbocycles. The van der Waals surface area contributed by atoms with Gasteiger partial charge in [-0.2, -0.15) is 0 Å². The first-order chi connectivity index (χ1) is 11.6. The van der Waals surface area contributed by atoms with Crippen molar-refractivity contribution in [1.82, 2.24) is 0 Å². The van der Waals surface area contributed by atoms with E-state index in [2.05, 4.69) is 22.0 Å². The van der Waals surface area contributed by atoms with Crippen LogP contribution in [0.25, 0.3) is 0 Å². The lowest BCUT2D eigenvalue weighted by Crippen LogP contribution is -2.18. The van der Waals surface area contributed by atoms with Gasteiger partial charge < -0.3 is 14.8 Å². The van der Waals surface area contributed by atoms with Crippen molar-refractivity contribution in [1.29, 1.82) is 0 Å². The number of benzene rings is 2. The van der Waals surface area contributed by atoms with E-state index in [4.69, 9.17) is 21.1 Å². The molecule has 0 spiro atoms. The number of nitrogens with zero attached hydrogens (tertiary/aromatic N) is 2. The number of anilines is 1. The molecule has 0 bridgehead atoms. The van der Waals surface area contributed by atoms with Crippen LogP contribution in [0.3, 0.4) is 0 Å². The first kappa shape index (κ1) is 16.3. The van der Waals surface area contributed by atoms with E-state index in [0.29, 0.717) is 41.8 Å². The smallest absolute Gasteiger partial charge is 0.165 e. The minimum absolute atomic E-state index is 0.0275. The lowest BCUT2D eigenvalue weighted by Gasteiger charge is -2.21. The van der Waals surface area contributed by atoms with Crippen molar-refractivity contribution in [3.8, 4) is 11.5 Å². The molecule has 5 nitrogen and oxygen atoms in total. The Morgan fingerprint density at radius 1 is 1.25 bits per heavy atom. The van der Waals surface area contributed by atoms with Crippen LogP contribution in [0.15, 0.2) is 40.3 Å². The molecule has 24 heavy (non-hydrogen) atoms. The average Bonchev–Trinajstić information content (AvgIpc) is 2.62. The summed E-state index contributed by atoms with van der Waals surface area (Å²) in [5.41, 5.74) is 1.39. The molecule has 0 fully saturated rings. The summed E-state index contributed by atoms with van der Waals surface area (Å²) in [4.78, 5) is 8.20. The van der Waals surface area contributed by atoms with E-state index >= 15 is 0 Å². The largest absolute Gasteiger partial charge is 0.486 e. The predicted molar refractivity (Wildman–Crippen MR) is 94.1 cm³/mol. The molecule has 2 aromatic rings. The van der Waals surface area contributed by atoms with Crippen molar-refractivity contribution in [2.45, 2.75) is 0 Å². The molecule has 124 valence electrons. The molecule has 0 radical (unpaired) electrons. The van der Waals surface area contributed by atoms with E-state index in [1.807, 2.05) is 0 Å². The highest BCUT2D eigenvalue weighted by atomic mass is 35.5. The number of amidine groups is 1. The number of nitrogens with one attached hydrogen (secondary N) is 1. The van der Waals surface area contributed by atoms with Gasteiger partial charge in [-0.3, -0.25) is 9.98 Å². The van der Waals surface area contributed by atoms with E-state index in [1.54, 1.807) is 31.3 Å². The summed E-state index contributed by atoms with van der Waals surface area (Å²) in [5, 5.41) is 2.97. The summed E-state index contributed by atoms with van der Waals surface area (Å²) >= 11 is 5.82. The molecule has 0 amide bonds. The molecule has 0 unspecified atom stereocenters. The predicted octanol–water partition coefficient (Wildman–Crippen LogP) is 4.07. The molecule has 7 heteroatoms. The van der Waals surface area contributed by atoms with Gasteiger partial charge >= 0.3 is 0 Å². The van der Waals surface area contributed by atoms with Gasteiger partial charge in [-0.05, 0) is 24.9 Å². The summed E-state index contributed by atoms with van der Waals surface area (Å²) in [6.07, 6.45) is 0. The van der Waals surface area contributed by atoms with Crippen LogP contribution in [0.1, 0.15) is 5.56 Å². The Morgan fingerprint density at radius 2 is 1.96 bits per heavy atom. The van der Waals surface area contributed by atoms with Crippen molar-refractivity contribution in [3.05, 3.63) is 46.7 Å². The molecule has 1 aliphatic rings. The molecule has 3 rings (SSSR count). The van der Waals surface area contributed by atoms with Gasteiger partial charge in [0.05, 0.1) is 16.4 Å². The van der Waals surface area contributed by atoms with Crippen molar-refractivity contribution in [2.24, 2.45) is 9.98 Å². The summed E-state index contributed by atoms with van der Waals surface area (Å²) in [7, 11) is 1.59. The minimum atomic E-state index is -0.550. The van der Waals surface area contributed by atoms with Gasteiger partial charge in [-0.1, -0.05) is 17.7 Å². The Bertz CT molecular complexity index is 824. The van der Waals surface area contributed by atoms with E-state index in [0.717, 1.165) is 0 Å². The van der Waals surface area contributed by atoms with Gasteiger partial charge in [0.25, 0.3) is 0 Å². The van der Waals surface area contributed by atoms with Crippen LogP contribution in [-0.4, -0.2) is 32.8 Å². The fourth-order valence-corrected chi connectivity index (χ4v) is 2.54. The van der Waals surface area contributed by atoms with Gasteiger partial charge in [0.2, 0.25) is 0 Å². The number of ether oxygens (including phenoxy) is 2. The zero-order valence-corrected chi connectivity index (χ0v) is 13.7. The second kappa shape index (κ2) is 6.88. The van der Waals surface area contributed by atoms with Gasteiger partial charge in [-0.15, -0.1) is 0 Å². The Morgan fingerprint density at radius 3 is 2.62 bits per heavy atom. The third-order valence-electron chi connectivity index (χ3n) is 3.51. The van der Waals surface area contributed by atoms with Crippen molar-refractivity contribution < 1.29 is 13.9 Å². The van der Waals surface area contributed by atoms with Crippen LogP contribution >= 0.6 is 11.6 Å². The lowest BCUT2D eigenvalue weighted by molar-refractivity contribution is 0.171. The fourth-order valence-electron chi connectivity index (χ4n) is 2.37. The minimum Gasteiger partial charge on any atom is -0.486 e. The van der Waals surface area contributed by atoms with Crippen molar-refractivity contribution >= 4 is 35.5 Å². The van der Waals surface area contributed by atoms with Crippen molar-refractivity contribution in [2.75, 3.05) is 25.6 Å². The SMILES string of the molecule is C=Nc1cc2c(cc1/C(=N\C)Nc1cccc(Cl)c1F)OCCO2. The summed E-state index contributed by atoms with van der Waals surface area (Å²) in [5.74, 6) is 1.04. The summed E-state index contributed by atoms with van der Waals surface area (Å²) < 4.78 is 25.3. The van der Waals surface area contributed by atoms with Crippen LogP contribution in [0.5, 0.6) is 11.5 Å². The molecular formula is C17H15ClFN3O2. The van der Waals surface area contributed by atoms with Crippen LogP contribution in [0.2, 0.25) is 5.02 Å². The fraction of sp³-hybridized carbons (Fsp3) is 0.176. The molecule has 1 N–H and O–H groups in total. The Labute approximate surface area is 143 Å². The highest BCUT2D eigenvalue weighted by Crippen LogP contribution is 2.37. The normalized spacial score (nSPS) is 13.5. The van der Waals surface area contributed by atoms with E-state index in [1.165, 1.54) is 6.07 Å². The highest BCUT2D eigenvalue weighted by Gasteiger charge is 2.19. The van der Waals surface area contributed by atoms with Gasteiger partial charge in [0.15, 0.2) is 17.3 Å². The Kier molecular flexibility index (Phi) is 4.66. The molecular weight excluding hydrogens is 333 g/mol. The number of halogens is 2. The van der Waals surface area contributed by atoms with Crippen molar-refractivity contribution in [3.63, 3.8) is 0 Å². The third-order valence-corrected chi connectivity index (χ3v) is 3.81. The number of rotatable bonds is 3. The third kappa shape index (κ3) is 3.05. The van der Waals surface area contributed by atoms with Crippen LogP contribution in [0, 0.1) is 5.82 Å². The molecule has 0 atom stereocenters. The quantitative estimate of drug-likeness (QED) is 0.672. The molecule has 0 saturated carbocycles. The second-order valence-corrected chi connectivity index (χ2v) is 5.38. The van der Waals surface area contributed by atoms with Gasteiger partial charge in [0.1, 0.15) is 19.0 Å². The molecule has 2 aromatic carbocycles. The number of hydrogen-bond donors (Lipinski definition) is 1. The second-order valence-electron chi connectivity index (χ2n) is 4.97. The van der Waals surface area contributed by atoms with Crippen LogP contribution in [0.4, 0.5) is 15.8 Å². The number of aliphatic imine (C=N–C) groups is 2. The standard InChI is InChI=1S/C17H15ClFN3O2/c1-20-13-9-15-14(23-6-7-24-15)8-10(13)17(21-2)22-12-5-3-4-11(18)16(12)19/h3-5,8-9H,1,6-7H2,2H3,(H,21,22). The zero-order valence-electron chi connectivity index (χ0n) is 13.0. The summed E-state index contributed by atoms with van der Waals surface area (Å²) in [6.45, 7) is 4.51. The maximum atomic E-state index is 14.1. The van der Waals surface area contributed by atoms with Crippen LogP contribution < -0.4 is 14.8 Å². The Balaban J connectivity index is 2.02. The van der Waals surface area contributed by atoms with Gasteiger partial charge in [-0.25, -0.2) is 4.39 Å². The Hall–Kier alpha value is -2.60. The van der Waals surface area contributed by atoms with Crippen LogP contribution in [-0.2, 0) is 0 Å². The van der Waals surface area contributed by atoms with E-state index in [9.17, 15) is 4.39 Å². The first-order valence-electron chi connectivity index (χ1n) is 7.22. The van der Waals surface area contributed by atoms with Gasteiger partial charge in [0, 0.05) is 18.7 Å². The monoisotopic (exact) mass is 347 g/mol. The van der Waals surface area contributed by atoms with E-state index < -0.39 is 5.82 Å². The number of fused-ring (bicyclic) bond motifs is 1. The van der Waals surface area contributed by atoms with E-state index in [-0.39, 0.29) is 10.7 Å². The molecule has 1 heterocycles. The summed E-state index contributed by atoms with van der Waals surface area (Å²) in [6, 6.07) is 8.17. The average molecular weight is 348 g/mol. The maximum absolute atomic E-state index is 14.1. The topological polar surface area (TPSA) is 55.2 Å². The lowest BCUT2D eigenvalue weighted by atomic mass is 10.1.